The molecule has 0 aliphatic rings. The van der Waals surface area contributed by atoms with Crippen LogP contribution in [0.15, 0.2) is 36.5 Å². The molecular weight excluding hydrogens is 162 g/mol. The molecule has 66 valence electrons. The summed E-state index contributed by atoms with van der Waals surface area (Å²) in [6.07, 6.45) is 1.33. The fourth-order valence-electron chi connectivity index (χ4n) is 1.34. The minimum Gasteiger partial charge on any atom is -0.389 e. The third-order valence-corrected chi connectivity index (χ3v) is 2.11. The van der Waals surface area contributed by atoms with E-state index in [9.17, 15) is 5.11 Å². The normalized spacial score (nSPS) is 13.1. The van der Waals surface area contributed by atoms with Crippen LogP contribution in [0.2, 0.25) is 0 Å². The van der Waals surface area contributed by atoms with Gasteiger partial charge in [0, 0.05) is 11.6 Å². The number of nitrogens with zero attached hydrogens (tertiary/aromatic N) is 1. The van der Waals surface area contributed by atoms with E-state index in [1.165, 1.54) is 0 Å². The Kier molecular flexibility index (Phi) is 1.99. The Balaban J connectivity index is 2.62. The molecule has 1 heterocycles. The van der Waals surface area contributed by atoms with Crippen LogP contribution in [0.25, 0.3) is 10.9 Å². The van der Waals surface area contributed by atoms with Crippen LogP contribution in [0.3, 0.4) is 0 Å². The molecule has 2 aromatic rings. The fraction of sp³-hybridized carbons (Fsp3) is 0.182. The van der Waals surface area contributed by atoms with Crippen LogP contribution >= 0.6 is 0 Å². The fourth-order valence-corrected chi connectivity index (χ4v) is 1.34. The first-order valence-electron chi connectivity index (χ1n) is 4.30. The topological polar surface area (TPSA) is 33.1 Å². The van der Waals surface area contributed by atoms with Crippen LogP contribution in [-0.2, 0) is 0 Å². The van der Waals surface area contributed by atoms with E-state index in [0.29, 0.717) is 0 Å². The summed E-state index contributed by atoms with van der Waals surface area (Å²) in [7, 11) is 0. The van der Waals surface area contributed by atoms with Gasteiger partial charge >= 0.3 is 0 Å². The molecule has 0 fully saturated rings. The Bertz CT molecular complexity index is 423. The van der Waals surface area contributed by atoms with Gasteiger partial charge in [-0.15, -0.1) is 0 Å². The van der Waals surface area contributed by atoms with Crippen molar-refractivity contribution in [2.45, 2.75) is 13.0 Å². The first-order valence-corrected chi connectivity index (χ1v) is 4.30. The number of pyridine rings is 1. The molecule has 13 heavy (non-hydrogen) atoms. The number of rotatable bonds is 1. The molecule has 2 nitrogen and oxygen atoms in total. The third-order valence-electron chi connectivity index (χ3n) is 2.11. The van der Waals surface area contributed by atoms with Crippen LogP contribution < -0.4 is 0 Å². The second-order valence-corrected chi connectivity index (χ2v) is 3.13. The van der Waals surface area contributed by atoms with Crippen molar-refractivity contribution in [1.29, 1.82) is 0 Å². The number of hydrogen-bond donors (Lipinski definition) is 1. The largest absolute Gasteiger partial charge is 0.389 e. The molecule has 0 aliphatic heterocycles. The average Bonchev–Trinajstić information content (AvgIpc) is 2.17. The molecule has 0 radical (unpaired) electrons. The minimum atomic E-state index is -0.425. The van der Waals surface area contributed by atoms with Gasteiger partial charge in [0.05, 0.1) is 11.6 Å². The van der Waals surface area contributed by atoms with Gasteiger partial charge in [-0.25, -0.2) is 0 Å². The van der Waals surface area contributed by atoms with Crippen LogP contribution in [0.1, 0.15) is 18.6 Å². The lowest BCUT2D eigenvalue weighted by Gasteiger charge is -2.04. The van der Waals surface area contributed by atoms with Crippen LogP contribution in [-0.4, -0.2) is 10.1 Å². The quantitative estimate of drug-likeness (QED) is 0.717. The van der Waals surface area contributed by atoms with Gasteiger partial charge in [0.1, 0.15) is 0 Å². The number of aromatic nitrogens is 1. The maximum atomic E-state index is 9.36. The highest BCUT2D eigenvalue weighted by atomic mass is 16.3. The molecule has 1 atom stereocenters. The van der Waals surface area contributed by atoms with Gasteiger partial charge in [-0.05, 0) is 24.6 Å². The van der Waals surface area contributed by atoms with Crippen LogP contribution in [0.4, 0.5) is 0 Å². The van der Waals surface area contributed by atoms with Gasteiger partial charge in [-0.2, -0.15) is 0 Å². The van der Waals surface area contributed by atoms with Gasteiger partial charge in [0.15, 0.2) is 0 Å². The molecule has 0 bridgehead atoms. The number of fused-ring (bicyclic) bond motifs is 1. The Morgan fingerprint density at radius 3 is 2.92 bits per heavy atom. The molecule has 0 aliphatic carbocycles. The van der Waals surface area contributed by atoms with Crippen molar-refractivity contribution in [3.05, 3.63) is 42.1 Å². The Morgan fingerprint density at radius 2 is 2.15 bits per heavy atom. The van der Waals surface area contributed by atoms with Crippen molar-refractivity contribution >= 4 is 10.9 Å². The van der Waals surface area contributed by atoms with Gasteiger partial charge in [-0.1, -0.05) is 18.2 Å². The SMILES string of the molecule is CC(O)c1ccc2cccnc2c1. The number of aliphatic hydroxyl groups excluding tert-OH is 1. The van der Waals surface area contributed by atoms with Crippen molar-refractivity contribution in [2.24, 2.45) is 0 Å². The molecule has 0 saturated heterocycles. The second kappa shape index (κ2) is 3.15. The second-order valence-electron chi connectivity index (χ2n) is 3.13. The summed E-state index contributed by atoms with van der Waals surface area (Å²) in [6.45, 7) is 1.75. The van der Waals surface area contributed by atoms with E-state index in [1.807, 2.05) is 30.3 Å². The van der Waals surface area contributed by atoms with E-state index >= 15 is 0 Å². The summed E-state index contributed by atoms with van der Waals surface area (Å²) in [5.41, 5.74) is 1.84. The highest BCUT2D eigenvalue weighted by Gasteiger charge is 2.01. The molecule has 0 amide bonds. The summed E-state index contributed by atoms with van der Waals surface area (Å²) >= 11 is 0. The Morgan fingerprint density at radius 1 is 1.31 bits per heavy atom. The maximum absolute atomic E-state index is 9.36. The molecule has 2 heteroatoms. The summed E-state index contributed by atoms with van der Waals surface area (Å²) in [5, 5.41) is 10.5. The van der Waals surface area contributed by atoms with E-state index in [0.717, 1.165) is 16.5 Å². The van der Waals surface area contributed by atoms with Crippen molar-refractivity contribution in [3.63, 3.8) is 0 Å². The van der Waals surface area contributed by atoms with Crippen molar-refractivity contribution in [3.8, 4) is 0 Å². The van der Waals surface area contributed by atoms with Crippen LogP contribution in [0.5, 0.6) is 0 Å². The summed E-state index contributed by atoms with van der Waals surface area (Å²) < 4.78 is 0. The maximum Gasteiger partial charge on any atom is 0.0762 e. The molecule has 2 rings (SSSR count). The van der Waals surface area contributed by atoms with Crippen LogP contribution in [0, 0.1) is 0 Å². The predicted molar refractivity (Wildman–Crippen MR) is 52.4 cm³/mol. The number of aliphatic hydroxyl groups is 1. The molecular formula is C11H11NO. The monoisotopic (exact) mass is 173 g/mol. The zero-order valence-electron chi connectivity index (χ0n) is 7.44. The smallest absolute Gasteiger partial charge is 0.0762 e. The van der Waals surface area contributed by atoms with Gasteiger partial charge in [0.25, 0.3) is 0 Å². The first-order chi connectivity index (χ1) is 6.27. The molecule has 1 N–H and O–H groups in total. The first kappa shape index (κ1) is 8.20. The summed E-state index contributed by atoms with van der Waals surface area (Å²) in [6, 6.07) is 9.73. The Hall–Kier alpha value is -1.41. The van der Waals surface area contributed by atoms with E-state index < -0.39 is 6.10 Å². The van der Waals surface area contributed by atoms with E-state index in [-0.39, 0.29) is 0 Å². The molecule has 0 saturated carbocycles. The van der Waals surface area contributed by atoms with Gasteiger partial charge in [0.2, 0.25) is 0 Å². The Labute approximate surface area is 76.9 Å². The zero-order valence-corrected chi connectivity index (χ0v) is 7.44. The zero-order chi connectivity index (χ0) is 9.26. The van der Waals surface area contributed by atoms with Crippen molar-refractivity contribution < 1.29 is 5.11 Å². The van der Waals surface area contributed by atoms with Gasteiger partial charge in [-0.3, -0.25) is 4.98 Å². The lowest BCUT2D eigenvalue weighted by molar-refractivity contribution is 0.199. The molecule has 0 spiro atoms. The van der Waals surface area contributed by atoms with E-state index in [2.05, 4.69) is 4.98 Å². The highest BCUT2D eigenvalue weighted by molar-refractivity contribution is 5.78. The van der Waals surface area contributed by atoms with Crippen molar-refractivity contribution in [2.75, 3.05) is 0 Å². The predicted octanol–water partition coefficient (Wildman–Crippen LogP) is 2.29. The standard InChI is InChI=1S/C11H11NO/c1-8(13)10-5-4-9-3-2-6-12-11(9)7-10/h2-8,13H,1H3. The van der Waals surface area contributed by atoms with E-state index in [4.69, 9.17) is 0 Å². The lowest BCUT2D eigenvalue weighted by Crippen LogP contribution is -1.90. The van der Waals surface area contributed by atoms with Crippen molar-refractivity contribution in [1.82, 2.24) is 4.98 Å². The highest BCUT2D eigenvalue weighted by Crippen LogP contribution is 2.17. The molecule has 1 unspecified atom stereocenters. The van der Waals surface area contributed by atoms with E-state index in [1.54, 1.807) is 13.1 Å². The lowest BCUT2D eigenvalue weighted by atomic mass is 10.1. The molecule has 1 aromatic heterocycles. The number of benzene rings is 1. The molecule has 1 aromatic carbocycles. The number of hydrogen-bond acceptors (Lipinski definition) is 2. The minimum absolute atomic E-state index is 0.425. The summed E-state index contributed by atoms with van der Waals surface area (Å²) in [4.78, 5) is 4.21. The average molecular weight is 173 g/mol. The van der Waals surface area contributed by atoms with Gasteiger partial charge < -0.3 is 5.11 Å². The third kappa shape index (κ3) is 1.53. The summed E-state index contributed by atoms with van der Waals surface area (Å²) in [5.74, 6) is 0.